The number of rotatable bonds is 6. The molecule has 9 nitrogen and oxygen atoms in total. The zero-order valence-corrected chi connectivity index (χ0v) is 24.3. The highest BCUT2D eigenvalue weighted by molar-refractivity contribution is 6.05. The second kappa shape index (κ2) is 10.1. The molecular formula is C30H42F2N2O7. The molecule has 0 radical (unpaired) electrons. The van der Waals surface area contributed by atoms with Crippen molar-refractivity contribution in [2.45, 2.75) is 89.1 Å². The van der Waals surface area contributed by atoms with Crippen molar-refractivity contribution >= 4 is 11.6 Å². The average molecular weight is 581 g/mol. The first-order valence-electron chi connectivity index (χ1n) is 14.8. The van der Waals surface area contributed by atoms with Crippen LogP contribution in [0.5, 0.6) is 0 Å². The van der Waals surface area contributed by atoms with Crippen molar-refractivity contribution in [3.8, 4) is 0 Å². The van der Waals surface area contributed by atoms with Crippen LogP contribution >= 0.6 is 0 Å². The van der Waals surface area contributed by atoms with Crippen molar-refractivity contribution < 1.29 is 42.5 Å². The minimum atomic E-state index is -2.09. The van der Waals surface area contributed by atoms with Crippen molar-refractivity contribution in [2.24, 2.45) is 33.7 Å². The zero-order valence-electron chi connectivity index (χ0n) is 24.3. The fraction of sp³-hybridized carbons (Fsp3) is 0.800. The van der Waals surface area contributed by atoms with Gasteiger partial charge in [-0.25, -0.2) is 8.78 Å². The van der Waals surface area contributed by atoms with Crippen molar-refractivity contribution in [3.05, 3.63) is 23.8 Å². The molecule has 0 bridgehead atoms. The molecule has 2 saturated heterocycles. The van der Waals surface area contributed by atoms with Gasteiger partial charge in [0.15, 0.2) is 19.3 Å². The zero-order chi connectivity index (χ0) is 29.3. The Labute approximate surface area is 239 Å². The van der Waals surface area contributed by atoms with Gasteiger partial charge in [-0.1, -0.05) is 25.1 Å². The van der Waals surface area contributed by atoms with Crippen molar-refractivity contribution in [1.82, 2.24) is 5.32 Å². The molecule has 11 heteroatoms. The van der Waals surface area contributed by atoms with E-state index in [1.807, 2.05) is 6.92 Å². The lowest BCUT2D eigenvalue weighted by Gasteiger charge is -2.64. The first kappa shape index (κ1) is 29.2. The Hall–Kier alpha value is -1.92. The van der Waals surface area contributed by atoms with Gasteiger partial charge in [0, 0.05) is 30.2 Å². The minimum absolute atomic E-state index is 0.0239. The number of ether oxygens (including phenoxy) is 4. The number of nitrogens with zero attached hydrogens (tertiary/aromatic N) is 1. The van der Waals surface area contributed by atoms with E-state index in [2.05, 4.69) is 17.4 Å². The maximum atomic E-state index is 17.8. The number of amides is 1. The third kappa shape index (κ3) is 3.88. The SMILES string of the molecule is CC(=O)NCCCCO/N=C1/C=C[C@@]2(C)C(=C1)[C@@H](F)C[C@H]1[C@@H]3C[C@H](C)[C@@]4(OCOC45COCO5)[C@@]3(C)C[C@H](O)[C@@]12F. The second-order valence-electron chi connectivity index (χ2n) is 13.1. The van der Waals surface area contributed by atoms with Gasteiger partial charge >= 0.3 is 0 Å². The van der Waals surface area contributed by atoms with Crippen molar-refractivity contribution in [2.75, 3.05) is 33.3 Å². The number of hydrogen-bond donors (Lipinski definition) is 2. The van der Waals surface area contributed by atoms with E-state index in [0.717, 1.165) is 6.42 Å². The average Bonchev–Trinajstić information content (AvgIpc) is 3.61. The summed E-state index contributed by atoms with van der Waals surface area (Å²) in [7, 11) is 0. The molecule has 2 N–H and O–H groups in total. The van der Waals surface area contributed by atoms with Crippen LogP contribution in [0.25, 0.3) is 0 Å². The number of unbranched alkanes of at least 4 members (excludes halogenated alkanes) is 1. The Morgan fingerprint density at radius 2 is 1.98 bits per heavy atom. The first-order valence-corrected chi connectivity index (χ1v) is 14.8. The molecule has 3 saturated carbocycles. The molecule has 10 atom stereocenters. The molecule has 1 unspecified atom stereocenters. The highest BCUT2D eigenvalue weighted by Crippen LogP contribution is 2.74. The molecule has 6 rings (SSSR count). The number of fused-ring (bicyclic) bond motifs is 7. The van der Waals surface area contributed by atoms with Gasteiger partial charge in [0.25, 0.3) is 0 Å². The van der Waals surface area contributed by atoms with Gasteiger partial charge in [0.05, 0.1) is 6.10 Å². The van der Waals surface area contributed by atoms with Crippen LogP contribution in [-0.4, -0.2) is 79.4 Å². The highest BCUT2D eigenvalue weighted by atomic mass is 19.1. The van der Waals surface area contributed by atoms with E-state index >= 15 is 8.78 Å². The van der Waals surface area contributed by atoms with E-state index in [1.54, 1.807) is 25.2 Å². The fourth-order valence-corrected chi connectivity index (χ4v) is 9.47. The second-order valence-corrected chi connectivity index (χ2v) is 13.1. The minimum Gasteiger partial charge on any atom is -0.395 e. The molecule has 228 valence electrons. The summed E-state index contributed by atoms with van der Waals surface area (Å²) in [5.41, 5.74) is -4.45. The van der Waals surface area contributed by atoms with E-state index in [0.29, 0.717) is 31.7 Å². The Balaban J connectivity index is 1.25. The number of hydrogen-bond acceptors (Lipinski definition) is 8. The van der Waals surface area contributed by atoms with E-state index < -0.39 is 46.1 Å². The Morgan fingerprint density at radius 3 is 2.71 bits per heavy atom. The monoisotopic (exact) mass is 580 g/mol. The first-order chi connectivity index (χ1) is 19.5. The number of carbonyl (C=O) groups is 1. The third-order valence-electron chi connectivity index (χ3n) is 11.2. The molecule has 5 fully saturated rings. The number of carbonyl (C=O) groups excluding carboxylic acids is 1. The summed E-state index contributed by atoms with van der Waals surface area (Å²) in [5.74, 6) is -2.32. The molecule has 0 aromatic heterocycles. The fourth-order valence-electron chi connectivity index (χ4n) is 9.47. The molecule has 6 aliphatic rings. The molecule has 2 spiro atoms. The van der Waals surface area contributed by atoms with E-state index in [1.165, 1.54) is 6.92 Å². The molecule has 2 aliphatic heterocycles. The van der Waals surface area contributed by atoms with Crippen LogP contribution < -0.4 is 5.32 Å². The number of nitrogens with one attached hydrogen (secondary N) is 1. The molecule has 1 amide bonds. The summed E-state index contributed by atoms with van der Waals surface area (Å²) < 4.78 is 58.0. The van der Waals surface area contributed by atoms with Gasteiger partial charge in [-0.3, -0.25) is 4.79 Å². The van der Waals surface area contributed by atoms with Gasteiger partial charge in [-0.2, -0.15) is 0 Å². The lowest BCUT2D eigenvalue weighted by molar-refractivity contribution is -0.278. The summed E-state index contributed by atoms with van der Waals surface area (Å²) in [6.45, 7) is 8.44. The summed E-state index contributed by atoms with van der Waals surface area (Å²) in [5, 5.41) is 18.6. The predicted octanol–water partition coefficient (Wildman–Crippen LogP) is 3.71. The molecule has 0 aromatic carbocycles. The lowest BCUT2D eigenvalue weighted by atomic mass is 9.44. The van der Waals surface area contributed by atoms with Crippen LogP contribution in [-0.2, 0) is 28.6 Å². The highest BCUT2D eigenvalue weighted by Gasteiger charge is 2.82. The summed E-state index contributed by atoms with van der Waals surface area (Å²) in [6, 6.07) is 0. The third-order valence-corrected chi connectivity index (χ3v) is 11.2. The van der Waals surface area contributed by atoms with E-state index in [9.17, 15) is 9.90 Å². The number of halogens is 2. The van der Waals surface area contributed by atoms with Crippen LogP contribution in [0.4, 0.5) is 8.78 Å². The lowest BCUT2D eigenvalue weighted by Crippen LogP contribution is -2.72. The molecular weight excluding hydrogens is 538 g/mol. The van der Waals surface area contributed by atoms with Crippen LogP contribution in [0.2, 0.25) is 0 Å². The van der Waals surface area contributed by atoms with Gasteiger partial charge in [0.2, 0.25) is 11.7 Å². The van der Waals surface area contributed by atoms with Gasteiger partial charge in [-0.05, 0) is 68.6 Å². The van der Waals surface area contributed by atoms with Gasteiger partial charge in [0.1, 0.15) is 30.7 Å². The number of aliphatic hydroxyl groups is 1. The van der Waals surface area contributed by atoms with Crippen LogP contribution in [0.3, 0.4) is 0 Å². The molecule has 4 aliphatic carbocycles. The number of aliphatic hydroxyl groups excluding tert-OH is 1. The maximum absolute atomic E-state index is 17.8. The standard InChI is InChI=1S/C30H42F2N2O7/c1-18-11-21-22-13-24(31)23-12-20(34-41-10-6-5-9-33-19(2)35)7-8-26(23,3)29(22,32)25(36)14-27(21,4)30(18)28(39-17-40-30)15-37-16-38-28/h7-8,12,18,21-22,24-25,36H,5-6,9-11,13-17H2,1-4H3,(H,33,35)/b34-20-/t18-,21-,22-,24-,25-,26-,27-,28?,29-,30+/m0/s1. The van der Waals surface area contributed by atoms with E-state index in [-0.39, 0.29) is 56.4 Å². The quantitative estimate of drug-likeness (QED) is 0.364. The topological polar surface area (TPSA) is 108 Å². The Morgan fingerprint density at radius 1 is 1.20 bits per heavy atom. The Kier molecular flexibility index (Phi) is 7.17. The van der Waals surface area contributed by atoms with Crippen LogP contribution in [0.15, 0.2) is 29.0 Å². The van der Waals surface area contributed by atoms with Crippen LogP contribution in [0.1, 0.15) is 59.8 Å². The summed E-state index contributed by atoms with van der Waals surface area (Å²) in [4.78, 5) is 16.4. The van der Waals surface area contributed by atoms with Gasteiger partial charge < -0.3 is 34.2 Å². The molecule has 41 heavy (non-hydrogen) atoms. The maximum Gasteiger partial charge on any atom is 0.227 e. The summed E-state index contributed by atoms with van der Waals surface area (Å²) >= 11 is 0. The van der Waals surface area contributed by atoms with E-state index in [4.69, 9.17) is 23.8 Å². The van der Waals surface area contributed by atoms with Crippen molar-refractivity contribution in [1.29, 1.82) is 0 Å². The smallest absolute Gasteiger partial charge is 0.227 e. The summed E-state index contributed by atoms with van der Waals surface area (Å²) in [6.07, 6.45) is 4.21. The van der Waals surface area contributed by atoms with Crippen LogP contribution in [0, 0.1) is 28.6 Å². The number of oxime groups is 1. The van der Waals surface area contributed by atoms with Crippen molar-refractivity contribution in [3.63, 3.8) is 0 Å². The largest absolute Gasteiger partial charge is 0.395 e. The number of alkyl halides is 2. The number of allylic oxidation sites excluding steroid dienone is 4. The van der Waals surface area contributed by atoms with Gasteiger partial charge in [-0.15, -0.1) is 0 Å². The molecule has 2 heterocycles. The Bertz CT molecular complexity index is 1150. The molecule has 0 aromatic rings. The predicted molar refractivity (Wildman–Crippen MR) is 144 cm³/mol. The normalized spacial score (nSPS) is 49.2.